The lowest BCUT2D eigenvalue weighted by Crippen LogP contribution is -2.68. The summed E-state index contributed by atoms with van der Waals surface area (Å²) in [6.45, 7) is 10.3. The number of halogens is 1. The maximum atomic E-state index is 14.4. The molecule has 0 saturated heterocycles. The summed E-state index contributed by atoms with van der Waals surface area (Å²) in [5, 5.41) is 11.6. The van der Waals surface area contributed by atoms with Crippen molar-refractivity contribution >= 4 is 32.7 Å². The van der Waals surface area contributed by atoms with Crippen molar-refractivity contribution in [2.24, 2.45) is 0 Å². The SMILES string of the molecule is CC(C)c1nc(-c2ccccc2)c(-c2ccccc2)c(-c2ccc(F)cc2)c1C#CCO[PH](=O)C[C@H](CC(=O)O)O[Si](c1ccccc1)(c1ccccc1)C(C)(C)C. The average molecular weight is 810 g/mol. The van der Waals surface area contributed by atoms with Crippen molar-refractivity contribution in [1.82, 2.24) is 4.98 Å². The van der Waals surface area contributed by atoms with Gasteiger partial charge in [0.1, 0.15) is 12.4 Å². The molecule has 0 bridgehead atoms. The Balaban J connectivity index is 1.37. The van der Waals surface area contributed by atoms with Gasteiger partial charge in [-0.25, -0.2) is 4.39 Å². The molecule has 58 heavy (non-hydrogen) atoms. The third kappa shape index (κ3) is 9.64. The second-order valence-corrected chi connectivity index (χ2v) is 21.2. The maximum absolute atomic E-state index is 14.4. The molecule has 2 atom stereocenters. The van der Waals surface area contributed by atoms with Crippen LogP contribution in [0.5, 0.6) is 0 Å². The van der Waals surface area contributed by atoms with Gasteiger partial charge in [0.2, 0.25) is 0 Å². The second kappa shape index (κ2) is 18.9. The highest BCUT2D eigenvalue weighted by molar-refractivity contribution is 7.39. The van der Waals surface area contributed by atoms with Crippen molar-refractivity contribution < 1.29 is 27.8 Å². The first kappa shape index (κ1) is 42.2. The number of pyridine rings is 1. The lowest BCUT2D eigenvalue weighted by molar-refractivity contribution is -0.138. The van der Waals surface area contributed by atoms with Crippen molar-refractivity contribution in [2.75, 3.05) is 12.8 Å². The van der Waals surface area contributed by atoms with E-state index in [1.54, 1.807) is 12.1 Å². The van der Waals surface area contributed by atoms with Crippen LogP contribution in [-0.4, -0.2) is 43.2 Å². The van der Waals surface area contributed by atoms with Gasteiger partial charge in [-0.05, 0) is 44.6 Å². The number of carboxylic acid groups (broad SMARTS) is 1. The van der Waals surface area contributed by atoms with Crippen LogP contribution in [0.15, 0.2) is 146 Å². The number of aromatic nitrogens is 1. The fourth-order valence-corrected chi connectivity index (χ4v) is 13.3. The summed E-state index contributed by atoms with van der Waals surface area (Å²) in [6, 6.07) is 46.2. The molecule has 0 saturated carbocycles. The Morgan fingerprint density at radius 1 is 0.759 bits per heavy atom. The molecule has 0 aliphatic heterocycles. The first-order valence-corrected chi connectivity index (χ1v) is 22.9. The topological polar surface area (TPSA) is 85.7 Å². The van der Waals surface area contributed by atoms with E-state index < -0.39 is 33.5 Å². The molecule has 0 aliphatic carbocycles. The maximum Gasteiger partial charge on any atom is 0.305 e. The number of aliphatic carboxylic acids is 1. The highest BCUT2D eigenvalue weighted by atomic mass is 31.1. The van der Waals surface area contributed by atoms with Gasteiger partial charge in [-0.2, -0.15) is 0 Å². The van der Waals surface area contributed by atoms with Gasteiger partial charge in [0.25, 0.3) is 8.32 Å². The molecule has 5 aromatic carbocycles. The largest absolute Gasteiger partial charge is 0.481 e. The summed E-state index contributed by atoms with van der Waals surface area (Å²) in [4.78, 5) is 17.5. The van der Waals surface area contributed by atoms with Gasteiger partial charge in [-0.1, -0.05) is 180 Å². The van der Waals surface area contributed by atoms with Gasteiger partial charge in [-0.3, -0.25) is 14.3 Å². The first-order chi connectivity index (χ1) is 27.9. The molecule has 0 radical (unpaired) electrons. The van der Waals surface area contributed by atoms with Crippen LogP contribution in [0.3, 0.4) is 0 Å². The Morgan fingerprint density at radius 3 is 1.76 bits per heavy atom. The van der Waals surface area contributed by atoms with Crippen LogP contribution in [-0.2, 0) is 18.3 Å². The summed E-state index contributed by atoms with van der Waals surface area (Å²) >= 11 is 0. The lowest BCUT2D eigenvalue weighted by atomic mass is 9.85. The van der Waals surface area contributed by atoms with Crippen LogP contribution < -0.4 is 10.4 Å². The molecule has 1 N–H and O–H groups in total. The van der Waals surface area contributed by atoms with Crippen molar-refractivity contribution in [3.05, 3.63) is 163 Å². The summed E-state index contributed by atoms with van der Waals surface area (Å²) in [6.07, 6.45) is -1.31. The number of benzene rings is 5. The van der Waals surface area contributed by atoms with Gasteiger partial charge in [0.05, 0.1) is 29.5 Å². The van der Waals surface area contributed by atoms with E-state index in [1.165, 1.54) is 12.1 Å². The summed E-state index contributed by atoms with van der Waals surface area (Å²) in [5.74, 6) is 5.02. The van der Waals surface area contributed by atoms with E-state index in [0.29, 0.717) is 5.56 Å². The third-order valence-electron chi connectivity index (χ3n) is 10.1. The molecule has 1 unspecified atom stereocenters. The minimum Gasteiger partial charge on any atom is -0.481 e. The Morgan fingerprint density at radius 2 is 1.26 bits per heavy atom. The fraction of sp³-hybridized carbons (Fsp3) is 0.224. The molecule has 9 heteroatoms. The molecule has 1 aromatic heterocycles. The number of hydrogen-bond donors (Lipinski definition) is 1. The number of hydrogen-bond acceptors (Lipinski definition) is 5. The number of nitrogens with zero attached hydrogens (tertiary/aromatic N) is 1. The zero-order valence-corrected chi connectivity index (χ0v) is 35.5. The standard InChI is InChI=1S/C49H49FNO5PSi/c1-35(2)47-43(45(37-28-30-39(50)31-29-37)46(36-19-10-6-11-20-36)48(51-47)38-21-12-7-13-22-38)27-18-32-55-57(54)34-40(33-44(52)53)56-58(49(3,4)5,41-23-14-8-15-24-41)42-25-16-9-17-26-42/h6-17,19-26,28-31,35,40,57H,32-34H2,1-5H3,(H,52,53)/t40-/m0/s1. The summed E-state index contributed by atoms with van der Waals surface area (Å²) < 4.78 is 41.1. The Labute approximate surface area is 343 Å². The third-order valence-corrected chi connectivity index (χ3v) is 16.4. The van der Waals surface area contributed by atoms with Gasteiger partial charge in [-0.15, -0.1) is 0 Å². The molecule has 6 nitrogen and oxygen atoms in total. The zero-order valence-electron chi connectivity index (χ0n) is 33.5. The number of carboxylic acids is 1. The minimum absolute atomic E-state index is 0.0359. The molecule has 296 valence electrons. The molecule has 0 aliphatic rings. The van der Waals surface area contributed by atoms with Crippen molar-refractivity contribution in [3.63, 3.8) is 0 Å². The molecule has 0 spiro atoms. The van der Waals surface area contributed by atoms with E-state index in [2.05, 4.69) is 46.5 Å². The fourth-order valence-electron chi connectivity index (χ4n) is 7.52. The first-order valence-electron chi connectivity index (χ1n) is 19.5. The molecule has 0 amide bonds. The highest BCUT2D eigenvalue weighted by Gasteiger charge is 2.51. The van der Waals surface area contributed by atoms with E-state index in [9.17, 15) is 18.9 Å². The van der Waals surface area contributed by atoms with E-state index in [0.717, 1.165) is 49.6 Å². The minimum atomic E-state index is -3.15. The molecular formula is C49H49FNO5PSi. The van der Waals surface area contributed by atoms with Gasteiger partial charge in [0, 0.05) is 22.9 Å². The summed E-state index contributed by atoms with van der Waals surface area (Å²) in [7, 11) is -5.98. The molecular weight excluding hydrogens is 761 g/mol. The normalized spacial score (nSPS) is 12.7. The van der Waals surface area contributed by atoms with Crippen LogP contribution >= 0.6 is 8.03 Å². The smallest absolute Gasteiger partial charge is 0.305 e. The second-order valence-electron chi connectivity index (χ2n) is 15.5. The molecule has 6 rings (SSSR count). The van der Waals surface area contributed by atoms with Crippen molar-refractivity contribution in [3.8, 4) is 45.4 Å². The molecule has 0 fully saturated rings. The van der Waals surface area contributed by atoms with Crippen molar-refractivity contribution in [2.45, 2.75) is 58.1 Å². The molecule has 1 heterocycles. The van der Waals surface area contributed by atoms with E-state index >= 15 is 0 Å². The average Bonchev–Trinajstić information content (AvgIpc) is 3.22. The van der Waals surface area contributed by atoms with E-state index in [1.807, 2.05) is 121 Å². The lowest BCUT2D eigenvalue weighted by Gasteiger charge is -2.45. The Hall–Kier alpha value is -5.42. The van der Waals surface area contributed by atoms with Gasteiger partial charge >= 0.3 is 5.97 Å². The zero-order chi connectivity index (χ0) is 41.3. The predicted octanol–water partition coefficient (Wildman–Crippen LogP) is 10.6. The van der Waals surface area contributed by atoms with Crippen LogP contribution in [0.25, 0.3) is 33.5 Å². The van der Waals surface area contributed by atoms with Crippen molar-refractivity contribution in [1.29, 1.82) is 0 Å². The summed E-state index contributed by atoms with van der Waals surface area (Å²) in [5.41, 5.74) is 6.52. The van der Waals surface area contributed by atoms with Gasteiger partial charge in [0.15, 0.2) is 8.03 Å². The quantitative estimate of drug-likeness (QED) is 0.0670. The van der Waals surface area contributed by atoms with Crippen LogP contribution in [0.1, 0.15) is 58.2 Å². The van der Waals surface area contributed by atoms with E-state index in [4.69, 9.17) is 13.9 Å². The van der Waals surface area contributed by atoms with Gasteiger partial charge < -0.3 is 14.1 Å². The van der Waals surface area contributed by atoms with Crippen LogP contribution in [0, 0.1) is 17.7 Å². The number of rotatable bonds is 14. The van der Waals surface area contributed by atoms with Crippen LogP contribution in [0.4, 0.5) is 4.39 Å². The van der Waals surface area contributed by atoms with Crippen LogP contribution in [0.2, 0.25) is 5.04 Å². The Kier molecular flexibility index (Phi) is 13.7. The predicted molar refractivity (Wildman–Crippen MR) is 236 cm³/mol. The monoisotopic (exact) mass is 809 g/mol. The highest BCUT2D eigenvalue weighted by Crippen LogP contribution is 2.44. The van der Waals surface area contributed by atoms with E-state index in [-0.39, 0.29) is 30.9 Å². The number of carbonyl (C=O) groups is 1. The molecule has 6 aromatic rings. The Bertz CT molecular complexity index is 2350.